The predicted octanol–water partition coefficient (Wildman–Crippen LogP) is 0.938. The number of nitrogens with zero attached hydrogens (tertiary/aromatic N) is 1. The second-order valence-corrected chi connectivity index (χ2v) is 9.39. The van der Waals surface area contributed by atoms with Gasteiger partial charge in [0.25, 0.3) is 0 Å². The molecule has 0 radical (unpaired) electrons. The summed E-state index contributed by atoms with van der Waals surface area (Å²) < 4.78 is 65.6. The molecule has 0 spiro atoms. The minimum absolute atomic E-state index is 0.0607. The summed E-state index contributed by atoms with van der Waals surface area (Å²) in [5.41, 5.74) is -0.986. The van der Waals surface area contributed by atoms with Gasteiger partial charge < -0.3 is 14.6 Å². The van der Waals surface area contributed by atoms with Crippen molar-refractivity contribution in [1.29, 1.82) is 0 Å². The Balaban J connectivity index is 1.37. The highest BCUT2D eigenvalue weighted by Crippen LogP contribution is 2.42. The normalized spacial score (nSPS) is 43.3. The van der Waals surface area contributed by atoms with Crippen molar-refractivity contribution in [3.05, 3.63) is 0 Å². The molecule has 4 fully saturated rings. The molecule has 3 aliphatic heterocycles. The summed E-state index contributed by atoms with van der Waals surface area (Å²) in [6.45, 7) is 2.76. The molecule has 11 heteroatoms. The highest BCUT2D eigenvalue weighted by molar-refractivity contribution is 4.97. The van der Waals surface area contributed by atoms with Crippen LogP contribution in [0.25, 0.3) is 0 Å². The van der Waals surface area contributed by atoms with Crippen LogP contribution in [0, 0.1) is 11.8 Å². The number of aliphatic hydroxyl groups is 1. The summed E-state index contributed by atoms with van der Waals surface area (Å²) in [5, 5.41) is 19.8. The summed E-state index contributed by atoms with van der Waals surface area (Å²) >= 11 is 0. The van der Waals surface area contributed by atoms with Crippen molar-refractivity contribution in [1.82, 2.24) is 20.9 Å². The summed E-state index contributed by atoms with van der Waals surface area (Å²) in [7, 11) is 0. The van der Waals surface area contributed by atoms with E-state index in [2.05, 4.69) is 20.9 Å². The molecule has 3 saturated heterocycles. The van der Waals surface area contributed by atoms with Gasteiger partial charge in [0.1, 0.15) is 5.60 Å². The van der Waals surface area contributed by atoms with Gasteiger partial charge in [0, 0.05) is 38.8 Å². The summed E-state index contributed by atoms with van der Waals surface area (Å²) in [6.07, 6.45) is -4.92. The summed E-state index contributed by atoms with van der Waals surface area (Å²) in [5.74, 6) is -1.17. The number of hydrogen-bond donors (Lipinski definition) is 4. The Hall–Kier alpha value is -0.560. The van der Waals surface area contributed by atoms with Crippen molar-refractivity contribution in [2.24, 2.45) is 11.8 Å². The summed E-state index contributed by atoms with van der Waals surface area (Å²) in [6, 6.07) is -0.107. The Labute approximate surface area is 180 Å². The van der Waals surface area contributed by atoms with Crippen molar-refractivity contribution in [2.75, 3.05) is 46.2 Å². The van der Waals surface area contributed by atoms with Crippen LogP contribution in [0.4, 0.5) is 17.6 Å². The third kappa shape index (κ3) is 5.51. The van der Waals surface area contributed by atoms with Gasteiger partial charge in [-0.05, 0) is 31.6 Å². The van der Waals surface area contributed by atoms with E-state index in [1.54, 1.807) is 0 Å². The second-order valence-electron chi connectivity index (χ2n) is 9.39. The molecule has 4 aliphatic rings. The van der Waals surface area contributed by atoms with Gasteiger partial charge in [-0.15, -0.1) is 0 Å². The maximum Gasteiger partial charge on any atom is 0.391 e. The summed E-state index contributed by atoms with van der Waals surface area (Å²) in [4.78, 5) is 2.05. The van der Waals surface area contributed by atoms with Gasteiger partial charge in [-0.25, -0.2) is 4.39 Å². The SMILES string of the molecule is OC1(CNC2NCNC(N3CCOC[C@@H]3C3CCC(C(F)(F)F)CC3)C2F)CCOC1. The highest BCUT2D eigenvalue weighted by atomic mass is 19.4. The fraction of sp³-hybridized carbons (Fsp3) is 1.00. The average Bonchev–Trinajstić information content (AvgIpc) is 3.19. The molecule has 31 heavy (non-hydrogen) atoms. The van der Waals surface area contributed by atoms with E-state index >= 15 is 4.39 Å². The van der Waals surface area contributed by atoms with E-state index in [4.69, 9.17) is 9.47 Å². The largest absolute Gasteiger partial charge is 0.391 e. The quantitative estimate of drug-likeness (QED) is 0.461. The van der Waals surface area contributed by atoms with E-state index in [0.29, 0.717) is 52.3 Å². The Morgan fingerprint density at radius 3 is 2.55 bits per heavy atom. The number of nitrogens with one attached hydrogen (secondary N) is 3. The molecule has 4 N–H and O–H groups in total. The van der Waals surface area contributed by atoms with Gasteiger partial charge in [-0.1, -0.05) is 0 Å². The number of rotatable bonds is 5. The Morgan fingerprint density at radius 2 is 1.87 bits per heavy atom. The number of ether oxygens (including phenoxy) is 2. The second kappa shape index (κ2) is 9.74. The topological polar surface area (TPSA) is 78.0 Å². The molecule has 0 aromatic carbocycles. The minimum atomic E-state index is -4.14. The third-order valence-electron chi connectivity index (χ3n) is 7.33. The van der Waals surface area contributed by atoms with Crippen molar-refractivity contribution in [3.63, 3.8) is 0 Å². The number of hydrogen-bond acceptors (Lipinski definition) is 7. The molecule has 4 rings (SSSR count). The van der Waals surface area contributed by atoms with Crippen LogP contribution >= 0.6 is 0 Å². The molecule has 0 aromatic rings. The lowest BCUT2D eigenvalue weighted by molar-refractivity contribution is -0.187. The number of alkyl halides is 4. The molecule has 0 amide bonds. The zero-order valence-corrected chi connectivity index (χ0v) is 17.7. The van der Waals surface area contributed by atoms with Gasteiger partial charge in [-0.3, -0.25) is 20.9 Å². The lowest BCUT2D eigenvalue weighted by Crippen LogP contribution is -2.72. The van der Waals surface area contributed by atoms with Crippen molar-refractivity contribution < 1.29 is 32.1 Å². The first-order chi connectivity index (χ1) is 14.8. The van der Waals surface area contributed by atoms with E-state index in [0.717, 1.165) is 0 Å². The van der Waals surface area contributed by atoms with Crippen LogP contribution in [0.1, 0.15) is 32.1 Å². The molecule has 5 atom stereocenters. The van der Waals surface area contributed by atoms with Crippen molar-refractivity contribution in [2.45, 2.75) is 68.4 Å². The number of morpholine rings is 1. The molecule has 7 nitrogen and oxygen atoms in total. The van der Waals surface area contributed by atoms with Gasteiger partial charge in [0.15, 0.2) is 6.17 Å². The van der Waals surface area contributed by atoms with E-state index in [-0.39, 0.29) is 38.0 Å². The van der Waals surface area contributed by atoms with E-state index in [9.17, 15) is 18.3 Å². The Morgan fingerprint density at radius 1 is 1.10 bits per heavy atom. The van der Waals surface area contributed by atoms with Crippen LogP contribution in [-0.4, -0.2) is 92.5 Å². The van der Waals surface area contributed by atoms with E-state index in [1.165, 1.54) is 0 Å². The fourth-order valence-electron chi connectivity index (χ4n) is 5.42. The van der Waals surface area contributed by atoms with Crippen LogP contribution < -0.4 is 16.0 Å². The third-order valence-corrected chi connectivity index (χ3v) is 7.33. The molecule has 1 saturated carbocycles. The molecular formula is C20H34F4N4O3. The molecule has 0 bridgehead atoms. The zero-order chi connectivity index (χ0) is 22.1. The van der Waals surface area contributed by atoms with Crippen molar-refractivity contribution >= 4 is 0 Å². The van der Waals surface area contributed by atoms with Crippen LogP contribution in [-0.2, 0) is 9.47 Å². The minimum Gasteiger partial charge on any atom is -0.386 e. The van der Waals surface area contributed by atoms with Crippen LogP contribution in [0.2, 0.25) is 0 Å². The molecule has 1 aliphatic carbocycles. The first-order valence-corrected chi connectivity index (χ1v) is 11.3. The maximum absolute atomic E-state index is 15.5. The Kier molecular flexibility index (Phi) is 7.41. The maximum atomic E-state index is 15.5. The lowest BCUT2D eigenvalue weighted by Gasteiger charge is -2.49. The van der Waals surface area contributed by atoms with Gasteiger partial charge in [0.05, 0.1) is 38.1 Å². The van der Waals surface area contributed by atoms with Gasteiger partial charge in [0.2, 0.25) is 0 Å². The number of halogens is 4. The smallest absolute Gasteiger partial charge is 0.386 e. The molecule has 0 aromatic heterocycles. The predicted molar refractivity (Wildman–Crippen MR) is 105 cm³/mol. The zero-order valence-electron chi connectivity index (χ0n) is 17.7. The van der Waals surface area contributed by atoms with Gasteiger partial charge >= 0.3 is 6.18 Å². The molecule has 3 heterocycles. The monoisotopic (exact) mass is 454 g/mol. The molecular weight excluding hydrogens is 420 g/mol. The van der Waals surface area contributed by atoms with E-state index < -0.39 is 36.2 Å². The fourth-order valence-corrected chi connectivity index (χ4v) is 5.42. The molecule has 4 unspecified atom stereocenters. The van der Waals surface area contributed by atoms with Crippen LogP contribution in [0.3, 0.4) is 0 Å². The van der Waals surface area contributed by atoms with Gasteiger partial charge in [-0.2, -0.15) is 13.2 Å². The van der Waals surface area contributed by atoms with Crippen molar-refractivity contribution in [3.8, 4) is 0 Å². The highest BCUT2D eigenvalue weighted by Gasteiger charge is 2.46. The van der Waals surface area contributed by atoms with E-state index in [1.807, 2.05) is 0 Å². The van der Waals surface area contributed by atoms with Crippen LogP contribution in [0.5, 0.6) is 0 Å². The standard InChI is InChI=1S/C20H34F4N4O3/c21-16-17(25-10-19(29)5-7-31-11-19)26-12-27-18(16)28-6-8-30-9-15(28)13-1-3-14(4-2-13)20(22,23)24/h13-18,25-27,29H,1-12H2/t13?,14?,15-,16?,17?,18?,19?/m1/s1. The lowest BCUT2D eigenvalue weighted by atomic mass is 9.77. The first-order valence-electron chi connectivity index (χ1n) is 11.3. The van der Waals surface area contributed by atoms with Crippen LogP contribution in [0.15, 0.2) is 0 Å². The first kappa shape index (κ1) is 23.6. The Bertz CT molecular complexity index is 585. The average molecular weight is 455 g/mol. The molecule has 180 valence electrons.